The number of carbonyl (C=O) groups excluding carboxylic acids is 1. The quantitative estimate of drug-likeness (QED) is 0.833. The highest BCUT2D eigenvalue weighted by molar-refractivity contribution is 7.14. The molecule has 6 nitrogen and oxygen atoms in total. The van der Waals surface area contributed by atoms with Crippen molar-refractivity contribution >= 4 is 22.4 Å². The van der Waals surface area contributed by atoms with Crippen LogP contribution in [0.25, 0.3) is 11.3 Å². The predicted octanol–water partition coefficient (Wildman–Crippen LogP) is 3.33. The molecule has 150 valence electrons. The molecule has 1 aromatic heterocycles. The van der Waals surface area contributed by atoms with Crippen LogP contribution >= 0.6 is 11.3 Å². The van der Waals surface area contributed by atoms with Crippen LogP contribution in [-0.4, -0.2) is 60.8 Å². The smallest absolute Gasteiger partial charge is 0.240 e. The van der Waals surface area contributed by atoms with Crippen LogP contribution in [-0.2, 0) is 14.3 Å². The molecule has 3 heterocycles. The van der Waals surface area contributed by atoms with E-state index in [9.17, 15) is 4.79 Å². The summed E-state index contributed by atoms with van der Waals surface area (Å²) in [5.41, 5.74) is 2.91. The maximum atomic E-state index is 12.6. The number of aromatic nitrogens is 1. The van der Waals surface area contributed by atoms with Crippen molar-refractivity contribution in [3.63, 3.8) is 0 Å². The molecule has 2 fully saturated rings. The van der Waals surface area contributed by atoms with Crippen molar-refractivity contribution in [3.05, 3.63) is 35.2 Å². The molecule has 0 unspecified atom stereocenters. The van der Waals surface area contributed by atoms with Crippen LogP contribution in [0, 0.1) is 6.92 Å². The topological polar surface area (TPSA) is 63.7 Å². The number of likely N-dealkylation sites (tertiary alicyclic amines) is 1. The van der Waals surface area contributed by atoms with E-state index in [2.05, 4.69) is 46.4 Å². The summed E-state index contributed by atoms with van der Waals surface area (Å²) in [6.07, 6.45) is 3.06. The number of benzene rings is 1. The Balaban J connectivity index is 1.35. The first kappa shape index (κ1) is 19.5. The largest absolute Gasteiger partial charge is 0.378 e. The molecule has 2 aliphatic heterocycles. The van der Waals surface area contributed by atoms with Crippen LogP contribution in [0.1, 0.15) is 24.8 Å². The van der Waals surface area contributed by atoms with Crippen LogP contribution in [0.15, 0.2) is 29.6 Å². The van der Waals surface area contributed by atoms with Crippen molar-refractivity contribution in [3.8, 4) is 11.3 Å². The molecule has 0 bridgehead atoms. The summed E-state index contributed by atoms with van der Waals surface area (Å²) in [5.74, 6) is -0.0335. The second kappa shape index (κ2) is 8.29. The lowest BCUT2D eigenvalue weighted by atomic mass is 9.87. The lowest BCUT2D eigenvalue weighted by Crippen LogP contribution is -2.58. The highest BCUT2D eigenvalue weighted by Crippen LogP contribution is 2.36. The van der Waals surface area contributed by atoms with Crippen LogP contribution in [0.2, 0.25) is 0 Å². The maximum Gasteiger partial charge on any atom is 0.240 e. The SMILES string of the molecule is CO[C@H]1CCN(CC(=O)Nc2nc(-c3ccc(C)cc3)cs2)C[C@@]12CCCO2. The molecule has 2 saturated heterocycles. The number of piperidine rings is 1. The molecule has 1 amide bonds. The van der Waals surface area contributed by atoms with Gasteiger partial charge in [0.25, 0.3) is 0 Å². The summed E-state index contributed by atoms with van der Waals surface area (Å²) in [7, 11) is 1.75. The zero-order valence-electron chi connectivity index (χ0n) is 16.4. The Morgan fingerprint density at radius 2 is 2.25 bits per heavy atom. The van der Waals surface area contributed by atoms with Gasteiger partial charge in [-0.15, -0.1) is 11.3 Å². The number of hydrogen-bond acceptors (Lipinski definition) is 6. The van der Waals surface area contributed by atoms with Crippen LogP contribution in [0.4, 0.5) is 5.13 Å². The number of ether oxygens (including phenoxy) is 2. The van der Waals surface area contributed by atoms with E-state index in [1.807, 2.05) is 5.38 Å². The Kier molecular flexibility index (Phi) is 5.78. The van der Waals surface area contributed by atoms with Crippen molar-refractivity contribution in [1.29, 1.82) is 0 Å². The Labute approximate surface area is 169 Å². The molecule has 0 radical (unpaired) electrons. The third-order valence-electron chi connectivity index (χ3n) is 5.67. The van der Waals surface area contributed by atoms with Gasteiger partial charge < -0.3 is 14.8 Å². The lowest BCUT2D eigenvalue weighted by molar-refractivity contribution is -0.146. The van der Waals surface area contributed by atoms with Gasteiger partial charge in [-0.1, -0.05) is 29.8 Å². The minimum absolute atomic E-state index is 0.0335. The number of hydrogen-bond donors (Lipinski definition) is 1. The van der Waals surface area contributed by atoms with Gasteiger partial charge in [-0.2, -0.15) is 0 Å². The van der Waals surface area contributed by atoms with E-state index in [-0.39, 0.29) is 17.6 Å². The summed E-state index contributed by atoms with van der Waals surface area (Å²) in [6.45, 7) is 4.77. The molecule has 1 N–H and O–H groups in total. The van der Waals surface area contributed by atoms with Gasteiger partial charge in [0.2, 0.25) is 5.91 Å². The van der Waals surface area contributed by atoms with E-state index in [1.54, 1.807) is 7.11 Å². The molecule has 1 spiro atoms. The molecular formula is C21H27N3O3S. The molecule has 2 aromatic rings. The third kappa shape index (κ3) is 4.12. The Hall–Kier alpha value is -1.80. The van der Waals surface area contributed by atoms with Crippen molar-refractivity contribution in [2.24, 2.45) is 0 Å². The molecule has 1 aromatic carbocycles. The molecule has 7 heteroatoms. The van der Waals surface area contributed by atoms with Crippen molar-refractivity contribution in [1.82, 2.24) is 9.88 Å². The fraction of sp³-hybridized carbons (Fsp3) is 0.524. The number of nitrogens with zero attached hydrogens (tertiary/aromatic N) is 2. The van der Waals surface area contributed by atoms with Crippen molar-refractivity contribution in [2.75, 3.05) is 38.7 Å². The Bertz CT molecular complexity index is 815. The number of carbonyl (C=O) groups is 1. The summed E-state index contributed by atoms with van der Waals surface area (Å²) >= 11 is 1.46. The van der Waals surface area contributed by atoms with Gasteiger partial charge in [-0.3, -0.25) is 9.69 Å². The summed E-state index contributed by atoms with van der Waals surface area (Å²) in [6, 6.07) is 8.24. The normalized spacial score (nSPS) is 25.3. The fourth-order valence-corrected chi connectivity index (χ4v) is 4.97. The van der Waals surface area contributed by atoms with Gasteiger partial charge in [0.1, 0.15) is 5.60 Å². The molecule has 4 rings (SSSR count). The standard InChI is InChI=1S/C21H27N3O3S/c1-15-4-6-16(7-5-15)17-13-28-20(22-17)23-19(25)12-24-10-8-18(26-2)21(14-24)9-3-11-27-21/h4-7,13,18H,3,8-12,14H2,1-2H3,(H,22,23,25)/t18-,21-/m0/s1. The molecular weight excluding hydrogens is 374 g/mol. The minimum Gasteiger partial charge on any atom is -0.378 e. The molecule has 2 atom stereocenters. The van der Waals surface area contributed by atoms with Crippen LogP contribution in [0.5, 0.6) is 0 Å². The first-order valence-electron chi connectivity index (χ1n) is 9.79. The average molecular weight is 402 g/mol. The van der Waals surface area contributed by atoms with E-state index in [1.165, 1.54) is 16.9 Å². The Morgan fingerprint density at radius 1 is 1.43 bits per heavy atom. The summed E-state index contributed by atoms with van der Waals surface area (Å²) < 4.78 is 11.7. The lowest BCUT2D eigenvalue weighted by Gasteiger charge is -2.44. The van der Waals surface area contributed by atoms with Gasteiger partial charge in [0.15, 0.2) is 5.13 Å². The number of rotatable bonds is 5. The molecule has 0 saturated carbocycles. The monoisotopic (exact) mass is 401 g/mol. The van der Waals surface area contributed by atoms with E-state index in [4.69, 9.17) is 9.47 Å². The molecule has 28 heavy (non-hydrogen) atoms. The second-order valence-electron chi connectivity index (χ2n) is 7.69. The van der Waals surface area contributed by atoms with Gasteiger partial charge in [0, 0.05) is 37.7 Å². The predicted molar refractivity (Wildman–Crippen MR) is 111 cm³/mol. The maximum absolute atomic E-state index is 12.6. The summed E-state index contributed by atoms with van der Waals surface area (Å²) in [5, 5.41) is 5.57. The number of methoxy groups -OCH3 is 1. The minimum atomic E-state index is -0.257. The van der Waals surface area contributed by atoms with Gasteiger partial charge in [-0.05, 0) is 26.2 Å². The van der Waals surface area contributed by atoms with Crippen LogP contribution < -0.4 is 5.32 Å². The van der Waals surface area contributed by atoms with E-state index >= 15 is 0 Å². The first-order chi connectivity index (χ1) is 13.6. The number of nitrogens with one attached hydrogen (secondary N) is 1. The van der Waals surface area contributed by atoms with Gasteiger partial charge >= 0.3 is 0 Å². The van der Waals surface area contributed by atoms with Crippen molar-refractivity contribution in [2.45, 2.75) is 37.9 Å². The zero-order valence-corrected chi connectivity index (χ0v) is 17.3. The number of amides is 1. The van der Waals surface area contributed by atoms with E-state index in [0.29, 0.717) is 11.7 Å². The summed E-state index contributed by atoms with van der Waals surface area (Å²) in [4.78, 5) is 19.3. The highest BCUT2D eigenvalue weighted by atomic mass is 32.1. The Morgan fingerprint density at radius 3 is 2.96 bits per heavy atom. The third-order valence-corrected chi connectivity index (χ3v) is 6.43. The molecule has 2 aliphatic rings. The van der Waals surface area contributed by atoms with Gasteiger partial charge in [-0.25, -0.2) is 4.98 Å². The molecule has 0 aliphatic carbocycles. The fourth-order valence-electron chi connectivity index (χ4n) is 4.24. The van der Waals surface area contributed by atoms with E-state index < -0.39 is 0 Å². The van der Waals surface area contributed by atoms with Crippen LogP contribution in [0.3, 0.4) is 0 Å². The number of aryl methyl sites for hydroxylation is 1. The first-order valence-corrected chi connectivity index (χ1v) is 10.7. The van der Waals surface area contributed by atoms with E-state index in [0.717, 1.165) is 50.2 Å². The number of anilines is 1. The average Bonchev–Trinajstić information content (AvgIpc) is 3.33. The van der Waals surface area contributed by atoms with Gasteiger partial charge in [0.05, 0.1) is 18.3 Å². The second-order valence-corrected chi connectivity index (χ2v) is 8.55. The number of thiazole rings is 1. The highest BCUT2D eigenvalue weighted by Gasteiger charge is 2.47. The zero-order chi connectivity index (χ0) is 19.6. The van der Waals surface area contributed by atoms with Crippen molar-refractivity contribution < 1.29 is 14.3 Å².